The van der Waals surface area contributed by atoms with Crippen molar-refractivity contribution in [1.82, 2.24) is 10.2 Å². The minimum absolute atomic E-state index is 0.789. The van der Waals surface area contributed by atoms with Gasteiger partial charge in [0.05, 0.1) is 0 Å². The van der Waals surface area contributed by atoms with Crippen molar-refractivity contribution in [2.45, 2.75) is 45.6 Å². The Bertz CT molecular complexity index is 143. The topological polar surface area (TPSA) is 15.3 Å². The van der Waals surface area contributed by atoms with Crippen LogP contribution in [0, 0.1) is 5.92 Å². The Kier molecular flexibility index (Phi) is 5.49. The van der Waals surface area contributed by atoms with Crippen molar-refractivity contribution in [2.75, 3.05) is 26.7 Å². The molecule has 0 aromatic carbocycles. The lowest BCUT2D eigenvalue weighted by Gasteiger charge is -2.21. The van der Waals surface area contributed by atoms with E-state index in [1.54, 1.807) is 0 Å². The van der Waals surface area contributed by atoms with E-state index in [1.165, 1.54) is 45.3 Å². The molecule has 1 saturated carbocycles. The lowest BCUT2D eigenvalue weighted by molar-refractivity contribution is 0.277. The molecule has 0 spiro atoms. The SMILES string of the molecule is CCCCN(C)CC(C)CNC1CC1. The van der Waals surface area contributed by atoms with Crippen LogP contribution >= 0.6 is 0 Å². The van der Waals surface area contributed by atoms with Gasteiger partial charge in [-0.15, -0.1) is 0 Å². The Morgan fingerprint density at radius 1 is 1.43 bits per heavy atom. The lowest BCUT2D eigenvalue weighted by Crippen LogP contribution is -2.32. The average molecular weight is 198 g/mol. The first kappa shape index (κ1) is 12.0. The fourth-order valence-electron chi connectivity index (χ4n) is 1.77. The van der Waals surface area contributed by atoms with E-state index in [4.69, 9.17) is 0 Å². The largest absolute Gasteiger partial charge is 0.314 e. The first-order chi connectivity index (χ1) is 6.72. The van der Waals surface area contributed by atoms with E-state index < -0.39 is 0 Å². The van der Waals surface area contributed by atoms with Gasteiger partial charge in [-0.05, 0) is 45.3 Å². The number of hydrogen-bond donors (Lipinski definition) is 1. The molecule has 0 heterocycles. The van der Waals surface area contributed by atoms with E-state index in [0.717, 1.165) is 12.0 Å². The summed E-state index contributed by atoms with van der Waals surface area (Å²) in [5.41, 5.74) is 0. The normalized spacial score (nSPS) is 18.9. The number of unbranched alkanes of at least 4 members (excludes halogenated alkanes) is 1. The molecule has 1 fully saturated rings. The van der Waals surface area contributed by atoms with Crippen molar-refractivity contribution in [3.8, 4) is 0 Å². The molecule has 0 bridgehead atoms. The fourth-order valence-corrected chi connectivity index (χ4v) is 1.77. The predicted octanol–water partition coefficient (Wildman–Crippen LogP) is 2.11. The molecule has 2 nitrogen and oxygen atoms in total. The second-order valence-corrected chi connectivity index (χ2v) is 4.90. The van der Waals surface area contributed by atoms with Crippen LogP contribution < -0.4 is 5.32 Å². The number of hydrogen-bond acceptors (Lipinski definition) is 2. The summed E-state index contributed by atoms with van der Waals surface area (Å²) >= 11 is 0. The molecule has 0 aliphatic heterocycles. The molecule has 1 N–H and O–H groups in total. The van der Waals surface area contributed by atoms with Crippen molar-refractivity contribution in [1.29, 1.82) is 0 Å². The van der Waals surface area contributed by atoms with Crippen molar-refractivity contribution in [2.24, 2.45) is 5.92 Å². The number of rotatable bonds is 8. The molecule has 0 radical (unpaired) electrons. The van der Waals surface area contributed by atoms with E-state index in [9.17, 15) is 0 Å². The van der Waals surface area contributed by atoms with Crippen LogP contribution in [0.2, 0.25) is 0 Å². The van der Waals surface area contributed by atoms with E-state index in [2.05, 4.69) is 31.1 Å². The fraction of sp³-hybridized carbons (Fsp3) is 1.00. The minimum Gasteiger partial charge on any atom is -0.314 e. The Balaban J connectivity index is 1.96. The van der Waals surface area contributed by atoms with Crippen LogP contribution in [-0.4, -0.2) is 37.6 Å². The predicted molar refractivity (Wildman–Crippen MR) is 62.6 cm³/mol. The third-order valence-corrected chi connectivity index (χ3v) is 2.85. The van der Waals surface area contributed by atoms with Gasteiger partial charge in [0.2, 0.25) is 0 Å². The zero-order valence-corrected chi connectivity index (χ0v) is 10.1. The first-order valence-electron chi connectivity index (χ1n) is 6.14. The van der Waals surface area contributed by atoms with E-state index in [-0.39, 0.29) is 0 Å². The number of nitrogens with zero attached hydrogens (tertiary/aromatic N) is 1. The highest BCUT2D eigenvalue weighted by atomic mass is 15.1. The average Bonchev–Trinajstić information content (AvgIpc) is 2.95. The van der Waals surface area contributed by atoms with Gasteiger partial charge in [0.1, 0.15) is 0 Å². The molecule has 84 valence electrons. The maximum atomic E-state index is 3.59. The third kappa shape index (κ3) is 5.61. The molecule has 1 rings (SSSR count). The summed E-state index contributed by atoms with van der Waals surface area (Å²) in [7, 11) is 2.24. The van der Waals surface area contributed by atoms with Gasteiger partial charge in [0.25, 0.3) is 0 Å². The van der Waals surface area contributed by atoms with Gasteiger partial charge in [-0.2, -0.15) is 0 Å². The monoisotopic (exact) mass is 198 g/mol. The van der Waals surface area contributed by atoms with E-state index in [1.807, 2.05) is 0 Å². The standard InChI is InChI=1S/C12H26N2/c1-4-5-8-14(3)10-11(2)9-13-12-6-7-12/h11-13H,4-10H2,1-3H3. The van der Waals surface area contributed by atoms with Crippen molar-refractivity contribution in [3.63, 3.8) is 0 Å². The zero-order chi connectivity index (χ0) is 10.4. The maximum absolute atomic E-state index is 3.59. The second kappa shape index (κ2) is 6.41. The molecule has 0 amide bonds. The highest BCUT2D eigenvalue weighted by Gasteiger charge is 2.20. The minimum atomic E-state index is 0.789. The van der Waals surface area contributed by atoms with Crippen LogP contribution in [-0.2, 0) is 0 Å². The summed E-state index contributed by atoms with van der Waals surface area (Å²) in [5, 5.41) is 3.59. The second-order valence-electron chi connectivity index (χ2n) is 4.90. The van der Waals surface area contributed by atoms with Crippen LogP contribution in [0.3, 0.4) is 0 Å². The van der Waals surface area contributed by atoms with Crippen LogP contribution in [0.5, 0.6) is 0 Å². The first-order valence-corrected chi connectivity index (χ1v) is 6.14. The zero-order valence-electron chi connectivity index (χ0n) is 10.1. The van der Waals surface area contributed by atoms with E-state index >= 15 is 0 Å². The molecule has 0 aromatic heterocycles. The van der Waals surface area contributed by atoms with Crippen LogP contribution in [0.15, 0.2) is 0 Å². The molecular weight excluding hydrogens is 172 g/mol. The van der Waals surface area contributed by atoms with Gasteiger partial charge >= 0.3 is 0 Å². The highest BCUT2D eigenvalue weighted by molar-refractivity contribution is 4.81. The number of nitrogens with one attached hydrogen (secondary N) is 1. The molecule has 1 unspecified atom stereocenters. The highest BCUT2D eigenvalue weighted by Crippen LogP contribution is 2.18. The summed E-state index contributed by atoms with van der Waals surface area (Å²) in [5.74, 6) is 0.789. The molecule has 2 heteroatoms. The Labute approximate surface area is 89.1 Å². The molecule has 14 heavy (non-hydrogen) atoms. The molecular formula is C12H26N2. The van der Waals surface area contributed by atoms with Crippen molar-refractivity contribution in [3.05, 3.63) is 0 Å². The maximum Gasteiger partial charge on any atom is 0.00683 e. The Hall–Kier alpha value is -0.0800. The van der Waals surface area contributed by atoms with Crippen molar-refractivity contribution < 1.29 is 0 Å². The Morgan fingerprint density at radius 3 is 2.71 bits per heavy atom. The Morgan fingerprint density at radius 2 is 2.14 bits per heavy atom. The quantitative estimate of drug-likeness (QED) is 0.642. The smallest absolute Gasteiger partial charge is 0.00683 e. The molecule has 1 atom stereocenters. The van der Waals surface area contributed by atoms with Crippen LogP contribution in [0.25, 0.3) is 0 Å². The summed E-state index contributed by atoms with van der Waals surface area (Å²) in [6.45, 7) is 8.29. The van der Waals surface area contributed by atoms with Gasteiger partial charge in [-0.25, -0.2) is 0 Å². The van der Waals surface area contributed by atoms with Crippen LogP contribution in [0.4, 0.5) is 0 Å². The van der Waals surface area contributed by atoms with Gasteiger partial charge in [-0.3, -0.25) is 0 Å². The summed E-state index contributed by atoms with van der Waals surface area (Å²) in [4.78, 5) is 2.46. The van der Waals surface area contributed by atoms with Gasteiger partial charge in [0, 0.05) is 12.6 Å². The molecule has 1 aliphatic rings. The lowest BCUT2D eigenvalue weighted by atomic mass is 10.1. The van der Waals surface area contributed by atoms with Gasteiger partial charge in [0.15, 0.2) is 0 Å². The van der Waals surface area contributed by atoms with Crippen molar-refractivity contribution >= 4 is 0 Å². The molecule has 0 saturated heterocycles. The van der Waals surface area contributed by atoms with Gasteiger partial charge in [-0.1, -0.05) is 20.3 Å². The van der Waals surface area contributed by atoms with E-state index in [0.29, 0.717) is 0 Å². The summed E-state index contributed by atoms with van der Waals surface area (Å²) in [6, 6.07) is 0.860. The summed E-state index contributed by atoms with van der Waals surface area (Å²) < 4.78 is 0. The van der Waals surface area contributed by atoms with Crippen LogP contribution in [0.1, 0.15) is 39.5 Å². The molecule has 1 aliphatic carbocycles. The van der Waals surface area contributed by atoms with Gasteiger partial charge < -0.3 is 10.2 Å². The third-order valence-electron chi connectivity index (χ3n) is 2.85. The molecule has 0 aromatic rings. The summed E-state index contributed by atoms with van der Waals surface area (Å²) in [6.07, 6.45) is 5.44.